The van der Waals surface area contributed by atoms with E-state index in [1.807, 2.05) is 0 Å². The highest BCUT2D eigenvalue weighted by molar-refractivity contribution is 7.26. The minimum Gasteiger partial charge on any atom is -0.354 e. The zero-order valence-corrected chi connectivity index (χ0v) is 14.5. The number of unbranched alkanes of at least 4 members (excludes halogenated alkanes) is 2. The Kier molecular flexibility index (Phi) is 12.8. The minimum atomic E-state index is -0.551. The van der Waals surface area contributed by atoms with Gasteiger partial charge in [-0.2, -0.15) is 0 Å². The van der Waals surface area contributed by atoms with E-state index in [0.717, 1.165) is 12.8 Å². The van der Waals surface area contributed by atoms with Crippen molar-refractivity contribution in [2.24, 2.45) is 0 Å². The van der Waals surface area contributed by atoms with Crippen molar-refractivity contribution in [1.82, 2.24) is 10.6 Å². The first-order valence-corrected chi connectivity index (χ1v) is 8.63. The lowest BCUT2D eigenvalue weighted by Gasteiger charge is -2.07. The fourth-order valence-electron chi connectivity index (χ4n) is 1.57. The van der Waals surface area contributed by atoms with E-state index in [4.69, 9.17) is 4.52 Å². The van der Waals surface area contributed by atoms with E-state index >= 15 is 0 Å². The molecule has 0 saturated carbocycles. The van der Waals surface area contributed by atoms with Gasteiger partial charge in [0.25, 0.3) is 0 Å². The van der Waals surface area contributed by atoms with Crippen LogP contribution in [0.2, 0.25) is 0 Å². The van der Waals surface area contributed by atoms with Gasteiger partial charge in [0.2, 0.25) is 11.8 Å². The molecule has 0 saturated heterocycles. The van der Waals surface area contributed by atoms with Gasteiger partial charge in [0, 0.05) is 25.1 Å². The molecule has 0 fully saturated rings. The number of hydrogen-bond acceptors (Lipinski definition) is 5. The van der Waals surface area contributed by atoms with E-state index in [9.17, 15) is 18.7 Å². The van der Waals surface area contributed by atoms with E-state index in [0.29, 0.717) is 37.9 Å². The Labute approximate surface area is 133 Å². The molecule has 2 amide bonds. The average molecular weight is 348 g/mol. The number of nitrogens with one attached hydrogen (secondary N) is 2. The van der Waals surface area contributed by atoms with E-state index in [-0.39, 0.29) is 20.3 Å². The van der Waals surface area contributed by atoms with Crippen LogP contribution in [0, 0.1) is 0 Å². The van der Waals surface area contributed by atoms with Gasteiger partial charge in [-0.1, -0.05) is 13.0 Å². The normalized spacial score (nSPS) is 12.0. The summed E-state index contributed by atoms with van der Waals surface area (Å²) in [5, 5.41) is 5.33. The second-order valence-corrected chi connectivity index (χ2v) is 5.87. The zero-order valence-electron chi connectivity index (χ0n) is 12.7. The summed E-state index contributed by atoms with van der Waals surface area (Å²) < 4.78 is 25.5. The van der Waals surface area contributed by atoms with E-state index in [1.54, 1.807) is 6.92 Å². The van der Waals surface area contributed by atoms with Gasteiger partial charge in [-0.25, -0.2) is 4.57 Å². The third kappa shape index (κ3) is 11.5. The van der Waals surface area contributed by atoms with Gasteiger partial charge < -0.3 is 10.6 Å². The van der Waals surface area contributed by atoms with Crippen LogP contribution >= 0.6 is 17.1 Å². The Balaban J connectivity index is 3.54. The van der Waals surface area contributed by atoms with Gasteiger partial charge in [0.15, 0.2) is 14.3 Å². The number of carbonyl (C=O) groups excluding carboxylic acids is 2. The number of hydrogen-bond donors (Lipinski definition) is 2. The maximum atomic E-state index is 11.5. The van der Waals surface area contributed by atoms with Crippen molar-refractivity contribution in [2.45, 2.75) is 44.9 Å². The molecule has 2 N–H and O–H groups in total. The lowest BCUT2D eigenvalue weighted by Crippen LogP contribution is -2.34. The van der Waals surface area contributed by atoms with E-state index in [1.165, 1.54) is 0 Å². The first-order valence-electron chi connectivity index (χ1n) is 7.02. The molecule has 0 aromatic rings. The van der Waals surface area contributed by atoms with Crippen LogP contribution in [0.5, 0.6) is 0 Å². The standard InChI is InChI=1S/C13H22N2O5P2/c1-10(2)13(17)15-9-8-14-11(16)6-4-3-5-7-12(21-18)20-22-19/h12H,1,3-9H2,2H3,(H,14,16)(H,15,17). The molecular formula is C13H22N2O5P2. The number of rotatable bonds is 13. The van der Waals surface area contributed by atoms with Gasteiger partial charge in [-0.05, 0) is 26.2 Å². The van der Waals surface area contributed by atoms with Crippen molar-refractivity contribution in [3.05, 3.63) is 12.2 Å². The Morgan fingerprint density at radius 2 is 1.82 bits per heavy atom. The fourth-order valence-corrected chi connectivity index (χ4v) is 2.34. The van der Waals surface area contributed by atoms with Crippen molar-refractivity contribution < 1.29 is 23.2 Å². The van der Waals surface area contributed by atoms with Gasteiger partial charge in [0.1, 0.15) is 0 Å². The summed E-state index contributed by atoms with van der Waals surface area (Å²) in [6.07, 6.45) is 3.19. The Hall–Kier alpha value is -1.16. The first kappa shape index (κ1) is 20.8. The van der Waals surface area contributed by atoms with Gasteiger partial charge in [-0.3, -0.25) is 18.7 Å². The summed E-state index contributed by atoms with van der Waals surface area (Å²) in [4.78, 5) is 22.7. The second kappa shape index (κ2) is 13.5. The summed E-state index contributed by atoms with van der Waals surface area (Å²) >= 11 is 0. The van der Waals surface area contributed by atoms with Crippen molar-refractivity contribution in [1.29, 1.82) is 0 Å². The van der Waals surface area contributed by atoms with Crippen LogP contribution in [0.25, 0.3) is 0 Å². The van der Waals surface area contributed by atoms with Crippen molar-refractivity contribution in [2.75, 3.05) is 13.1 Å². The molecule has 124 valence electrons. The highest BCUT2D eigenvalue weighted by atomic mass is 31.1. The highest BCUT2D eigenvalue weighted by Crippen LogP contribution is 2.20. The topological polar surface area (TPSA) is 102 Å². The third-order valence-electron chi connectivity index (χ3n) is 2.76. The molecule has 0 aliphatic heterocycles. The van der Waals surface area contributed by atoms with Crippen molar-refractivity contribution >= 4 is 29.0 Å². The van der Waals surface area contributed by atoms with Crippen LogP contribution in [-0.4, -0.2) is 30.7 Å². The molecule has 0 bridgehead atoms. The quantitative estimate of drug-likeness (QED) is 0.303. The van der Waals surface area contributed by atoms with Crippen LogP contribution in [0.3, 0.4) is 0 Å². The third-order valence-corrected chi connectivity index (χ3v) is 3.86. The molecule has 0 heterocycles. The molecule has 0 radical (unpaired) electrons. The molecule has 1 atom stereocenters. The maximum Gasteiger partial charge on any atom is 0.328 e. The molecule has 7 nitrogen and oxygen atoms in total. The van der Waals surface area contributed by atoms with Crippen molar-refractivity contribution in [3.63, 3.8) is 0 Å². The molecule has 0 aliphatic carbocycles. The lowest BCUT2D eigenvalue weighted by molar-refractivity contribution is -0.121. The zero-order chi connectivity index (χ0) is 16.8. The minimum absolute atomic E-state index is 0.0719. The van der Waals surface area contributed by atoms with Gasteiger partial charge in [0.05, 0.1) is 0 Å². The molecule has 0 rings (SSSR count). The smallest absolute Gasteiger partial charge is 0.328 e. The van der Waals surface area contributed by atoms with Crippen LogP contribution in [0.1, 0.15) is 39.0 Å². The maximum absolute atomic E-state index is 11.5. The molecule has 0 aromatic carbocycles. The molecule has 0 spiro atoms. The molecule has 9 heteroatoms. The van der Waals surface area contributed by atoms with Crippen LogP contribution in [0.4, 0.5) is 0 Å². The second-order valence-electron chi connectivity index (χ2n) is 4.73. The number of carbonyl (C=O) groups is 2. The monoisotopic (exact) mass is 348 g/mol. The molecule has 22 heavy (non-hydrogen) atoms. The largest absolute Gasteiger partial charge is 0.354 e. The summed E-state index contributed by atoms with van der Waals surface area (Å²) in [6, 6.07) is 0. The van der Waals surface area contributed by atoms with Crippen LogP contribution in [-0.2, 0) is 23.2 Å². The molecular weight excluding hydrogens is 326 g/mol. The predicted molar refractivity (Wildman–Crippen MR) is 84.0 cm³/mol. The Morgan fingerprint density at radius 3 is 2.41 bits per heavy atom. The summed E-state index contributed by atoms with van der Waals surface area (Å²) in [6.45, 7) is 5.88. The Morgan fingerprint density at radius 1 is 1.14 bits per heavy atom. The fraction of sp³-hybridized carbons (Fsp3) is 0.692. The molecule has 1 unspecified atom stereocenters. The van der Waals surface area contributed by atoms with E-state index < -0.39 is 14.5 Å². The van der Waals surface area contributed by atoms with Crippen molar-refractivity contribution in [3.8, 4) is 0 Å². The summed E-state index contributed by atoms with van der Waals surface area (Å²) in [5.41, 5.74) is 0.433. The van der Waals surface area contributed by atoms with E-state index in [2.05, 4.69) is 17.2 Å². The Bertz CT molecular complexity index is 404. The van der Waals surface area contributed by atoms with Crippen LogP contribution < -0.4 is 10.6 Å². The summed E-state index contributed by atoms with van der Waals surface area (Å²) in [7, 11) is -0.655. The highest BCUT2D eigenvalue weighted by Gasteiger charge is 2.09. The number of amides is 2. The lowest BCUT2D eigenvalue weighted by atomic mass is 10.1. The SMILES string of the molecule is C=C(C)C(=O)NCCNC(=O)CCCCCC(OP=O)P=O. The summed E-state index contributed by atoms with van der Waals surface area (Å²) in [5.74, 6) is -0.844. The first-order chi connectivity index (χ1) is 10.5. The van der Waals surface area contributed by atoms with Crippen LogP contribution in [0.15, 0.2) is 12.2 Å². The predicted octanol–water partition coefficient (Wildman–Crippen LogP) is 2.59. The van der Waals surface area contributed by atoms with Gasteiger partial charge in [-0.15, -0.1) is 0 Å². The molecule has 0 aliphatic rings. The molecule has 0 aromatic heterocycles. The van der Waals surface area contributed by atoms with Gasteiger partial charge >= 0.3 is 8.69 Å². The average Bonchev–Trinajstić information content (AvgIpc) is 2.49.